The van der Waals surface area contributed by atoms with Crippen molar-refractivity contribution in [3.05, 3.63) is 136 Å². The van der Waals surface area contributed by atoms with Crippen LogP contribution in [0.2, 0.25) is 10.0 Å². The number of aromatic nitrogens is 2. The van der Waals surface area contributed by atoms with Gasteiger partial charge in [0.15, 0.2) is 5.78 Å². The zero-order chi connectivity index (χ0) is 51.5. The van der Waals surface area contributed by atoms with Crippen LogP contribution in [0.15, 0.2) is 103 Å². The lowest BCUT2D eigenvalue weighted by Crippen LogP contribution is -2.73. The Kier molecular flexibility index (Phi) is 15.0. The third-order valence-corrected chi connectivity index (χ3v) is 19.7. The summed E-state index contributed by atoms with van der Waals surface area (Å²) >= 11 is 13.3. The first-order chi connectivity index (χ1) is 35.9. The molecule has 5 saturated heterocycles. The Morgan fingerprint density at radius 1 is 0.824 bits per heavy atom. The molecule has 5 aromatic rings. The van der Waals surface area contributed by atoms with Crippen LogP contribution in [0.4, 0.5) is 0 Å². The number of carbonyl (C=O) groups excluding carboxylic acids is 1. The highest BCUT2D eigenvalue weighted by molar-refractivity contribution is 6.31. The molecule has 1 aliphatic carbocycles. The van der Waals surface area contributed by atoms with Crippen LogP contribution in [0.5, 0.6) is 11.5 Å². The quantitative estimate of drug-likeness (QED) is 0.106. The first-order valence-electron chi connectivity index (χ1n) is 27.7. The Morgan fingerprint density at radius 3 is 2.27 bits per heavy atom. The van der Waals surface area contributed by atoms with Gasteiger partial charge in [-0.25, -0.2) is 4.98 Å². The maximum absolute atomic E-state index is 17.5. The van der Waals surface area contributed by atoms with Crippen molar-refractivity contribution < 1.29 is 14.3 Å². The van der Waals surface area contributed by atoms with Gasteiger partial charge in [-0.1, -0.05) is 78.7 Å². The number of halogens is 2. The lowest BCUT2D eigenvalue weighted by molar-refractivity contribution is -0.154. The van der Waals surface area contributed by atoms with E-state index in [1.54, 1.807) is 0 Å². The SMILES string of the molecule is CCn1c(-c2ccc(Oc3cc(Cl)ccc3CN3C4C[C@@H](Cc5ccccc5)C5N(C)[C@@H](C)CNC6C[C@H](Cc7ccc(Cl)cc7)N(C)C7[C@@H](COC)NC([C@@H]3C)C67C(=O)C54CC)cc2)cnc1CN1CCCC1. The Bertz CT molecular complexity index is 2750. The molecule has 1 saturated carbocycles. The van der Waals surface area contributed by atoms with Crippen molar-refractivity contribution in [1.82, 2.24) is 39.8 Å². The van der Waals surface area contributed by atoms with Gasteiger partial charge in [0.1, 0.15) is 17.3 Å². The molecule has 5 aliphatic heterocycles. The second-order valence-electron chi connectivity index (χ2n) is 22.9. The molecule has 2 N–H and O–H groups in total. The third-order valence-electron chi connectivity index (χ3n) is 19.2. The van der Waals surface area contributed by atoms with E-state index in [9.17, 15) is 0 Å². The summed E-state index contributed by atoms with van der Waals surface area (Å²) in [6.07, 6.45) is 8.80. The van der Waals surface area contributed by atoms with E-state index >= 15 is 4.79 Å². The second kappa shape index (κ2) is 21.4. The monoisotopic (exact) mass is 1040 g/mol. The van der Waals surface area contributed by atoms with Crippen LogP contribution in [0.3, 0.4) is 0 Å². The average molecular weight is 1040 g/mol. The molecule has 0 amide bonds. The molecule has 2 bridgehead atoms. The lowest BCUT2D eigenvalue weighted by atomic mass is 9.54. The predicted molar refractivity (Wildman–Crippen MR) is 297 cm³/mol. The van der Waals surface area contributed by atoms with E-state index in [2.05, 4.69) is 149 Å². The van der Waals surface area contributed by atoms with Crippen LogP contribution in [0, 0.1) is 16.7 Å². The number of rotatable bonds is 15. The summed E-state index contributed by atoms with van der Waals surface area (Å²) in [5, 5.41) is 9.86. The fourth-order valence-electron chi connectivity index (χ4n) is 15.8. The van der Waals surface area contributed by atoms with Gasteiger partial charge in [-0.15, -0.1) is 0 Å². The van der Waals surface area contributed by atoms with E-state index in [-0.39, 0.29) is 60.3 Å². The zero-order valence-corrected chi connectivity index (χ0v) is 46.2. The second-order valence-corrected chi connectivity index (χ2v) is 23.8. The van der Waals surface area contributed by atoms with E-state index in [1.807, 2.05) is 37.6 Å². The number of ketones is 1. The smallest absolute Gasteiger partial charge is 0.153 e. The van der Waals surface area contributed by atoms with E-state index in [4.69, 9.17) is 37.7 Å². The largest absolute Gasteiger partial charge is 0.457 e. The summed E-state index contributed by atoms with van der Waals surface area (Å²) in [7, 11) is 6.42. The van der Waals surface area contributed by atoms with Crippen molar-refractivity contribution in [2.75, 3.05) is 47.4 Å². The number of ether oxygens (including phenoxy) is 2. The maximum atomic E-state index is 17.5. The standard InChI is InChI=1S/C61H78Cl2N8O3/c1-8-60-54-31-45(29-41-15-11-10-12-16-41)57(60)67(5)39(3)34-64-53-33-48(30-42-17-22-46(62)23-18-42)68(6)58-50(38-73-7)66-56(61(53,58)59(60)72)40(4)71(54)36-44-19-24-47(63)32-52(44)74-49-25-20-43(21-26-49)51-35-65-55(70(51)9-2)37-69-27-13-14-28-69/h10-12,15-26,32,35,39-40,45,48,50,53-54,56-58,64,66H,8-9,13-14,27-31,33-34,36-38H2,1-7H3/t39-,40-,45+,48-,50+,53?,54?,56?,57?,58?,60?,61?/m0/s1. The van der Waals surface area contributed by atoms with Gasteiger partial charge in [0.25, 0.3) is 0 Å². The highest BCUT2D eigenvalue weighted by atomic mass is 35.5. The maximum Gasteiger partial charge on any atom is 0.153 e. The average Bonchev–Trinajstić information content (AvgIpc) is 4.27. The van der Waals surface area contributed by atoms with Gasteiger partial charge >= 0.3 is 0 Å². The van der Waals surface area contributed by atoms with Gasteiger partial charge in [-0.05, 0) is 158 Å². The Morgan fingerprint density at radius 2 is 1.55 bits per heavy atom. The van der Waals surface area contributed by atoms with Crippen LogP contribution in [0.1, 0.15) is 82.3 Å². The minimum atomic E-state index is -0.773. The number of Topliss-reactive ketones (excluding diaryl/α,β-unsaturated/α-hetero) is 1. The number of methoxy groups -OCH3 is 1. The van der Waals surface area contributed by atoms with Gasteiger partial charge in [-0.2, -0.15) is 0 Å². The molecule has 1 spiro atoms. The topological polar surface area (TPSA) is 90.4 Å². The minimum Gasteiger partial charge on any atom is -0.457 e. The first-order valence-corrected chi connectivity index (χ1v) is 28.5. The molecule has 11 nitrogen and oxygen atoms in total. The highest BCUT2D eigenvalue weighted by Gasteiger charge is 2.77. The number of nitrogens with one attached hydrogen (secondary N) is 2. The summed E-state index contributed by atoms with van der Waals surface area (Å²) in [5.41, 5.74) is 4.38. The summed E-state index contributed by atoms with van der Waals surface area (Å²) in [5.74, 6) is 3.26. The zero-order valence-electron chi connectivity index (χ0n) is 44.7. The summed E-state index contributed by atoms with van der Waals surface area (Å²) in [6.45, 7) is 15.2. The number of carbonyl (C=O) groups is 1. The van der Waals surface area contributed by atoms with Crippen molar-refractivity contribution in [2.45, 2.75) is 147 Å². The van der Waals surface area contributed by atoms with Gasteiger partial charge in [0.05, 0.1) is 35.9 Å². The number of nitrogens with zero attached hydrogens (tertiary/aromatic N) is 6. The molecular formula is C61H78Cl2N8O3. The molecule has 13 heteroatoms. The van der Waals surface area contributed by atoms with Crippen molar-refractivity contribution in [1.29, 1.82) is 0 Å². The number of piperidine rings is 1. The predicted octanol–water partition coefficient (Wildman–Crippen LogP) is 10.0. The molecule has 4 aromatic carbocycles. The number of likely N-dealkylation sites (tertiary alicyclic amines) is 3. The van der Waals surface area contributed by atoms with Crippen LogP contribution >= 0.6 is 23.2 Å². The molecule has 1 aromatic heterocycles. The molecule has 7 unspecified atom stereocenters. The first kappa shape index (κ1) is 51.9. The van der Waals surface area contributed by atoms with Crippen LogP contribution in [-0.4, -0.2) is 137 Å². The van der Waals surface area contributed by atoms with E-state index in [0.29, 0.717) is 24.0 Å². The number of hydrogen-bond donors (Lipinski definition) is 2. The molecule has 0 radical (unpaired) electrons. The van der Waals surface area contributed by atoms with Crippen LogP contribution < -0.4 is 15.4 Å². The lowest BCUT2D eigenvalue weighted by Gasteiger charge is -2.57. The van der Waals surface area contributed by atoms with Gasteiger partial charge in [-0.3, -0.25) is 24.4 Å². The number of imidazole rings is 1. The van der Waals surface area contributed by atoms with Crippen molar-refractivity contribution >= 4 is 29.0 Å². The fraction of sp³-hybridized carbons (Fsp3) is 0.541. The van der Waals surface area contributed by atoms with Crippen molar-refractivity contribution in [3.8, 4) is 22.8 Å². The summed E-state index contributed by atoms with van der Waals surface area (Å²) in [6, 6.07) is 33.7. The highest BCUT2D eigenvalue weighted by Crippen LogP contribution is 2.63. The van der Waals surface area contributed by atoms with Crippen molar-refractivity contribution in [3.63, 3.8) is 0 Å². The van der Waals surface area contributed by atoms with Crippen molar-refractivity contribution in [2.24, 2.45) is 16.7 Å². The molecule has 6 heterocycles. The molecule has 11 rings (SSSR count). The van der Waals surface area contributed by atoms with Crippen LogP contribution in [0.25, 0.3) is 11.3 Å². The molecule has 12 atom stereocenters. The van der Waals surface area contributed by atoms with E-state index in [0.717, 1.165) is 104 Å². The van der Waals surface area contributed by atoms with E-state index < -0.39 is 10.8 Å². The van der Waals surface area contributed by atoms with Gasteiger partial charge in [0.2, 0.25) is 0 Å². The van der Waals surface area contributed by atoms with Crippen LogP contribution in [-0.2, 0) is 42.0 Å². The summed E-state index contributed by atoms with van der Waals surface area (Å²) in [4.78, 5) is 32.9. The Hall–Kier alpha value is -4.14. The summed E-state index contributed by atoms with van der Waals surface area (Å²) < 4.78 is 15.5. The minimum absolute atomic E-state index is 0.00238. The number of benzene rings is 4. The molecule has 6 aliphatic rings. The van der Waals surface area contributed by atoms with Gasteiger partial charge < -0.3 is 24.7 Å². The third kappa shape index (κ3) is 8.97. The molecular weight excluding hydrogens is 964 g/mol. The molecule has 74 heavy (non-hydrogen) atoms. The van der Waals surface area contributed by atoms with E-state index in [1.165, 1.54) is 24.0 Å². The normalized spacial score (nSPS) is 32.5. The van der Waals surface area contributed by atoms with Gasteiger partial charge in [0, 0.05) is 102 Å². The Balaban J connectivity index is 1.00. The fourth-order valence-corrected chi connectivity index (χ4v) is 16.1. The molecule has 6 fully saturated rings. The number of likely N-dealkylation sites (N-methyl/N-ethyl adjacent to an activating group) is 2. The molecule has 394 valence electrons. The Labute approximate surface area is 450 Å². The number of hydrogen-bond acceptors (Lipinski definition) is 10.